The maximum absolute atomic E-state index is 13.2. The van der Waals surface area contributed by atoms with Crippen LogP contribution in [0.5, 0.6) is 0 Å². The second-order valence-electron chi connectivity index (χ2n) is 10.6. The van der Waals surface area contributed by atoms with E-state index in [1.165, 1.54) is 0 Å². The molecule has 0 radical (unpaired) electrons. The molecule has 8 nitrogen and oxygen atoms in total. The third kappa shape index (κ3) is 6.47. The van der Waals surface area contributed by atoms with E-state index in [4.69, 9.17) is 16.3 Å². The number of carbonyl (C=O) groups excluding carboxylic acids is 2. The lowest BCUT2D eigenvalue weighted by Gasteiger charge is -2.19. The van der Waals surface area contributed by atoms with Crippen molar-refractivity contribution in [2.45, 2.75) is 51.9 Å². The molecule has 1 fully saturated rings. The van der Waals surface area contributed by atoms with Crippen LogP contribution in [0, 0.1) is 5.41 Å². The zero-order chi connectivity index (χ0) is 28.6. The van der Waals surface area contributed by atoms with Crippen LogP contribution in [-0.4, -0.2) is 46.3 Å². The van der Waals surface area contributed by atoms with E-state index in [1.54, 1.807) is 48.0 Å². The van der Waals surface area contributed by atoms with E-state index in [0.717, 1.165) is 5.52 Å². The van der Waals surface area contributed by atoms with E-state index in [-0.39, 0.29) is 30.9 Å². The van der Waals surface area contributed by atoms with Crippen LogP contribution in [0.1, 0.15) is 49.5 Å². The minimum atomic E-state index is -4.56. The molecule has 1 aromatic heterocycles. The summed E-state index contributed by atoms with van der Waals surface area (Å²) in [7, 11) is 1.80. The quantitative estimate of drug-likeness (QED) is 0.299. The average molecular weight is 566 g/mol. The normalized spacial score (nSPS) is 14.8. The summed E-state index contributed by atoms with van der Waals surface area (Å²) in [6.07, 6.45) is -4.96. The maximum atomic E-state index is 13.2. The smallest absolute Gasteiger partial charge is 0.374 e. The van der Waals surface area contributed by atoms with Gasteiger partial charge in [0.1, 0.15) is 5.41 Å². The minimum Gasteiger partial charge on any atom is -0.374 e. The molecular weight excluding hydrogens is 535 g/mol. The van der Waals surface area contributed by atoms with Crippen LogP contribution < -0.4 is 16.0 Å². The topological polar surface area (TPSA) is 97.3 Å². The lowest BCUT2D eigenvalue weighted by molar-refractivity contribution is -0.192. The van der Waals surface area contributed by atoms with Gasteiger partial charge < -0.3 is 25.3 Å². The molecule has 12 heteroatoms. The van der Waals surface area contributed by atoms with E-state index in [1.807, 2.05) is 20.8 Å². The van der Waals surface area contributed by atoms with Gasteiger partial charge >= 0.3 is 6.18 Å². The van der Waals surface area contributed by atoms with Gasteiger partial charge in [-0.2, -0.15) is 13.2 Å². The van der Waals surface area contributed by atoms with Crippen LogP contribution in [0.3, 0.4) is 0 Å². The maximum Gasteiger partial charge on any atom is 0.403 e. The third-order valence-electron chi connectivity index (χ3n) is 6.52. The first-order chi connectivity index (χ1) is 18.2. The Kier molecular flexibility index (Phi) is 7.86. The highest BCUT2D eigenvalue weighted by atomic mass is 35.5. The molecule has 3 aromatic rings. The molecule has 3 N–H and O–H groups in total. The molecule has 1 heterocycles. The molecule has 0 aliphatic heterocycles. The number of imidazole rings is 1. The van der Waals surface area contributed by atoms with Crippen LogP contribution in [0.15, 0.2) is 36.4 Å². The number of aryl methyl sites for hydroxylation is 1. The molecule has 0 saturated heterocycles. The van der Waals surface area contributed by atoms with Crippen LogP contribution >= 0.6 is 11.6 Å². The molecule has 39 heavy (non-hydrogen) atoms. The molecule has 0 unspecified atom stereocenters. The summed E-state index contributed by atoms with van der Waals surface area (Å²) in [4.78, 5) is 29.4. The zero-order valence-electron chi connectivity index (χ0n) is 22.1. The van der Waals surface area contributed by atoms with Crippen molar-refractivity contribution in [3.05, 3.63) is 52.5 Å². The first-order valence-electron chi connectivity index (χ1n) is 12.5. The number of aromatic nitrogens is 2. The van der Waals surface area contributed by atoms with Crippen molar-refractivity contribution >= 4 is 46.1 Å². The summed E-state index contributed by atoms with van der Waals surface area (Å²) >= 11 is 6.36. The van der Waals surface area contributed by atoms with Gasteiger partial charge in [-0.15, -0.1) is 0 Å². The molecule has 4 rings (SSSR count). The Morgan fingerprint density at radius 2 is 1.82 bits per heavy atom. The number of halogens is 4. The van der Waals surface area contributed by atoms with Gasteiger partial charge in [0.15, 0.2) is 0 Å². The Labute approximate surface area is 229 Å². The molecule has 1 saturated carbocycles. The number of ether oxygens (including phenoxy) is 1. The van der Waals surface area contributed by atoms with Gasteiger partial charge in [0.2, 0.25) is 11.9 Å². The highest BCUT2D eigenvalue weighted by molar-refractivity contribution is 6.33. The second-order valence-corrected chi connectivity index (χ2v) is 11.0. The Hall–Kier alpha value is -3.31. The van der Waals surface area contributed by atoms with Crippen molar-refractivity contribution in [2.24, 2.45) is 12.5 Å². The van der Waals surface area contributed by atoms with Gasteiger partial charge in [0, 0.05) is 25.7 Å². The molecule has 0 atom stereocenters. The van der Waals surface area contributed by atoms with E-state index >= 15 is 0 Å². The standard InChI is InChI=1S/C27H31ClF3N5O3/c1-25(2,3)39-12-11-32-22(37)17-6-8-21-20(14-17)35-24(36(21)4)34-19-13-16(5-7-18(19)28)15-33-23(38)26(9-10-26)27(29,30)31/h5-8,13-14H,9-12,15H2,1-4H3,(H,32,37)(H,33,38)(H,34,35). The van der Waals surface area contributed by atoms with E-state index in [0.29, 0.717) is 46.5 Å². The number of fused-ring (bicyclic) bond motifs is 1. The van der Waals surface area contributed by atoms with Gasteiger partial charge in [-0.3, -0.25) is 9.59 Å². The lowest BCUT2D eigenvalue weighted by Crippen LogP contribution is -2.40. The fourth-order valence-electron chi connectivity index (χ4n) is 4.09. The van der Waals surface area contributed by atoms with Crippen molar-refractivity contribution in [1.82, 2.24) is 20.2 Å². The number of carbonyl (C=O) groups is 2. The summed E-state index contributed by atoms with van der Waals surface area (Å²) < 4.78 is 47.0. The van der Waals surface area contributed by atoms with Gasteiger partial charge in [-0.25, -0.2) is 4.98 Å². The molecule has 0 bridgehead atoms. The number of anilines is 2. The van der Waals surface area contributed by atoms with Gasteiger partial charge in [0.05, 0.1) is 34.0 Å². The number of hydrogen-bond acceptors (Lipinski definition) is 5. The molecule has 1 aliphatic carbocycles. The van der Waals surface area contributed by atoms with Gasteiger partial charge in [0.25, 0.3) is 5.91 Å². The molecule has 210 valence electrons. The van der Waals surface area contributed by atoms with Crippen molar-refractivity contribution in [3.63, 3.8) is 0 Å². The third-order valence-corrected chi connectivity index (χ3v) is 6.85. The average Bonchev–Trinajstić information content (AvgIpc) is 3.62. The van der Waals surface area contributed by atoms with E-state index in [2.05, 4.69) is 20.9 Å². The molecule has 2 aromatic carbocycles. The molecule has 0 spiro atoms. The van der Waals surface area contributed by atoms with Gasteiger partial charge in [-0.05, 0) is 69.5 Å². The van der Waals surface area contributed by atoms with Crippen LogP contribution in [-0.2, 0) is 23.1 Å². The number of amides is 2. The van der Waals surface area contributed by atoms with Crippen molar-refractivity contribution in [3.8, 4) is 0 Å². The fourth-order valence-corrected chi connectivity index (χ4v) is 4.26. The lowest BCUT2D eigenvalue weighted by atomic mass is 10.1. The van der Waals surface area contributed by atoms with Crippen molar-refractivity contribution in [1.29, 1.82) is 0 Å². The second kappa shape index (κ2) is 10.7. The monoisotopic (exact) mass is 565 g/mol. The van der Waals surface area contributed by atoms with Crippen LogP contribution in [0.25, 0.3) is 11.0 Å². The fraction of sp³-hybridized carbons (Fsp3) is 0.444. The number of rotatable bonds is 9. The summed E-state index contributed by atoms with van der Waals surface area (Å²) in [5.74, 6) is -0.819. The molecular formula is C27H31ClF3N5O3. The van der Waals surface area contributed by atoms with Crippen molar-refractivity contribution in [2.75, 3.05) is 18.5 Å². The number of benzene rings is 2. The summed E-state index contributed by atoms with van der Waals surface area (Å²) in [6.45, 7) is 6.51. The Bertz CT molecular complexity index is 1390. The Morgan fingerprint density at radius 1 is 1.10 bits per heavy atom. The summed E-state index contributed by atoms with van der Waals surface area (Å²) in [5, 5.41) is 8.73. The number of hydrogen-bond donors (Lipinski definition) is 3. The van der Waals surface area contributed by atoms with Crippen molar-refractivity contribution < 1.29 is 27.5 Å². The number of nitrogens with zero attached hydrogens (tertiary/aromatic N) is 2. The van der Waals surface area contributed by atoms with E-state index in [9.17, 15) is 22.8 Å². The van der Waals surface area contributed by atoms with Crippen LogP contribution in [0.4, 0.5) is 24.8 Å². The Morgan fingerprint density at radius 3 is 2.46 bits per heavy atom. The number of alkyl halides is 3. The van der Waals surface area contributed by atoms with Crippen LogP contribution in [0.2, 0.25) is 5.02 Å². The largest absolute Gasteiger partial charge is 0.403 e. The SMILES string of the molecule is Cn1c(Nc2cc(CNC(=O)C3(C(F)(F)F)CC3)ccc2Cl)nc2cc(C(=O)NCCOC(C)(C)C)ccc21. The predicted molar refractivity (Wildman–Crippen MR) is 143 cm³/mol. The zero-order valence-corrected chi connectivity index (χ0v) is 22.9. The summed E-state index contributed by atoms with van der Waals surface area (Å²) in [6, 6.07) is 10.0. The molecule has 2 amide bonds. The summed E-state index contributed by atoms with van der Waals surface area (Å²) in [5.41, 5.74) is 0.280. The first-order valence-corrected chi connectivity index (χ1v) is 12.9. The highest BCUT2D eigenvalue weighted by Crippen LogP contribution is 2.57. The minimum absolute atomic E-state index is 0.0791. The predicted octanol–water partition coefficient (Wildman–Crippen LogP) is 5.47. The van der Waals surface area contributed by atoms with E-state index < -0.39 is 17.5 Å². The van der Waals surface area contributed by atoms with Gasteiger partial charge in [-0.1, -0.05) is 17.7 Å². The first kappa shape index (κ1) is 28.7. The highest BCUT2D eigenvalue weighted by Gasteiger charge is 2.68. The number of nitrogens with one attached hydrogen (secondary N) is 3. The Balaban J connectivity index is 1.44. The molecule has 1 aliphatic rings.